The topological polar surface area (TPSA) is 49.6 Å². The minimum Gasteiger partial charge on any atom is -0.469 e. The largest absolute Gasteiger partial charge is 0.469 e. The van der Waals surface area contributed by atoms with Gasteiger partial charge >= 0.3 is 0 Å². The van der Waals surface area contributed by atoms with Crippen LogP contribution in [0.2, 0.25) is 0 Å². The van der Waals surface area contributed by atoms with Gasteiger partial charge in [0.2, 0.25) is 0 Å². The van der Waals surface area contributed by atoms with Crippen LogP contribution in [0.4, 0.5) is 0 Å². The molecule has 2 aromatic rings. The van der Waals surface area contributed by atoms with Crippen molar-refractivity contribution >= 4 is 17.7 Å². The number of aryl methyl sites for hydroxylation is 1. The summed E-state index contributed by atoms with van der Waals surface area (Å²) in [7, 11) is 0. The van der Waals surface area contributed by atoms with Crippen molar-refractivity contribution in [2.24, 2.45) is 4.99 Å². The van der Waals surface area contributed by atoms with Gasteiger partial charge in [0.1, 0.15) is 5.76 Å². The molecule has 1 aromatic heterocycles. The third-order valence-electron chi connectivity index (χ3n) is 3.34. The smallest absolute Gasteiger partial charge is 0.191 e. The molecule has 0 aliphatic heterocycles. The normalized spacial score (nSPS) is 11.5. The molecule has 0 saturated heterocycles. The second-order valence-electron chi connectivity index (χ2n) is 5.33. The van der Waals surface area contributed by atoms with Gasteiger partial charge in [-0.25, -0.2) is 4.99 Å². The summed E-state index contributed by atoms with van der Waals surface area (Å²) in [6.45, 7) is 4.48. The first kappa shape index (κ1) is 17.5. The van der Waals surface area contributed by atoms with Gasteiger partial charge in [-0.2, -0.15) is 11.8 Å². The predicted molar refractivity (Wildman–Crippen MR) is 99.1 cm³/mol. The lowest BCUT2D eigenvalue weighted by Gasteiger charge is -2.12. The second kappa shape index (κ2) is 10.0. The molecule has 124 valence electrons. The maximum absolute atomic E-state index is 5.35. The third kappa shape index (κ3) is 6.82. The average molecular weight is 331 g/mol. The molecule has 0 fully saturated rings. The Morgan fingerprint density at radius 1 is 1.17 bits per heavy atom. The highest BCUT2D eigenvalue weighted by Crippen LogP contribution is 2.05. The second-order valence-corrected chi connectivity index (χ2v) is 6.32. The Balaban J connectivity index is 1.87. The average Bonchev–Trinajstić information content (AvgIpc) is 3.06. The van der Waals surface area contributed by atoms with Crippen LogP contribution in [0, 0.1) is 6.92 Å². The Morgan fingerprint density at radius 2 is 2.04 bits per heavy atom. The quantitative estimate of drug-likeness (QED) is 0.443. The summed E-state index contributed by atoms with van der Waals surface area (Å²) >= 11 is 1.82. The number of guanidine groups is 1. The van der Waals surface area contributed by atoms with E-state index in [1.165, 1.54) is 11.1 Å². The van der Waals surface area contributed by atoms with E-state index in [0.29, 0.717) is 6.54 Å². The summed E-state index contributed by atoms with van der Waals surface area (Å²) in [6.07, 6.45) is 4.66. The van der Waals surface area contributed by atoms with E-state index in [9.17, 15) is 0 Å². The van der Waals surface area contributed by atoms with Gasteiger partial charge in [-0.05, 0) is 30.9 Å². The van der Waals surface area contributed by atoms with E-state index < -0.39 is 0 Å². The van der Waals surface area contributed by atoms with Crippen LogP contribution in [-0.4, -0.2) is 31.1 Å². The zero-order valence-electron chi connectivity index (χ0n) is 13.8. The molecule has 2 N–H and O–H groups in total. The number of furan rings is 1. The Labute approximate surface area is 142 Å². The summed E-state index contributed by atoms with van der Waals surface area (Å²) in [5.41, 5.74) is 2.49. The molecule has 0 spiro atoms. The van der Waals surface area contributed by atoms with E-state index in [1.807, 2.05) is 23.9 Å². The molecule has 0 amide bonds. The summed E-state index contributed by atoms with van der Waals surface area (Å²) in [6, 6.07) is 12.4. The molecule has 4 nitrogen and oxygen atoms in total. The number of hydrogen-bond donors (Lipinski definition) is 2. The van der Waals surface area contributed by atoms with Crippen molar-refractivity contribution in [2.75, 3.05) is 25.1 Å². The molecule has 0 atom stereocenters. The molecule has 0 radical (unpaired) electrons. The molecular formula is C18H25N3OS. The number of rotatable bonds is 8. The van der Waals surface area contributed by atoms with Gasteiger partial charge in [-0.1, -0.05) is 29.8 Å². The maximum Gasteiger partial charge on any atom is 0.191 e. The fourth-order valence-electron chi connectivity index (χ4n) is 2.19. The van der Waals surface area contributed by atoms with Crippen LogP contribution in [-0.2, 0) is 13.0 Å². The number of nitrogens with one attached hydrogen (secondary N) is 2. The number of hydrogen-bond acceptors (Lipinski definition) is 3. The lowest BCUT2D eigenvalue weighted by molar-refractivity contribution is 0.507. The SMILES string of the molecule is CSCCNC(=NCc1cccc(C)c1)NCCc1ccco1. The van der Waals surface area contributed by atoms with Crippen molar-refractivity contribution in [3.8, 4) is 0 Å². The molecule has 0 bridgehead atoms. The third-order valence-corrected chi connectivity index (χ3v) is 3.96. The monoisotopic (exact) mass is 331 g/mol. The molecule has 0 aliphatic rings. The minimum atomic E-state index is 0.678. The highest BCUT2D eigenvalue weighted by Gasteiger charge is 2.00. The Bertz CT molecular complexity index is 596. The summed E-state index contributed by atoms with van der Waals surface area (Å²) in [5.74, 6) is 2.90. The van der Waals surface area contributed by atoms with Gasteiger partial charge in [-0.3, -0.25) is 0 Å². The molecule has 0 unspecified atom stereocenters. The first-order valence-corrected chi connectivity index (χ1v) is 9.26. The number of thioether (sulfide) groups is 1. The predicted octanol–water partition coefficient (Wildman–Crippen LogP) is 3.23. The van der Waals surface area contributed by atoms with E-state index in [0.717, 1.165) is 37.0 Å². The van der Waals surface area contributed by atoms with Crippen molar-refractivity contribution in [3.05, 3.63) is 59.5 Å². The lowest BCUT2D eigenvalue weighted by Crippen LogP contribution is -2.39. The van der Waals surface area contributed by atoms with E-state index >= 15 is 0 Å². The fourth-order valence-corrected chi connectivity index (χ4v) is 2.49. The van der Waals surface area contributed by atoms with Crippen LogP contribution in [0.25, 0.3) is 0 Å². The zero-order chi connectivity index (χ0) is 16.3. The minimum absolute atomic E-state index is 0.678. The first-order valence-electron chi connectivity index (χ1n) is 7.87. The highest BCUT2D eigenvalue weighted by molar-refractivity contribution is 7.98. The van der Waals surface area contributed by atoms with E-state index in [1.54, 1.807) is 6.26 Å². The molecule has 23 heavy (non-hydrogen) atoms. The molecule has 0 saturated carbocycles. The van der Waals surface area contributed by atoms with E-state index in [-0.39, 0.29) is 0 Å². The molecule has 1 heterocycles. The first-order chi connectivity index (χ1) is 11.3. The molecule has 0 aliphatic carbocycles. The van der Waals surface area contributed by atoms with Crippen LogP contribution >= 0.6 is 11.8 Å². The fraction of sp³-hybridized carbons (Fsp3) is 0.389. The lowest BCUT2D eigenvalue weighted by atomic mass is 10.1. The molecule has 2 rings (SSSR count). The van der Waals surface area contributed by atoms with Crippen molar-refractivity contribution in [2.45, 2.75) is 19.9 Å². The Kier molecular flexibility index (Phi) is 7.60. The molecular weight excluding hydrogens is 306 g/mol. The van der Waals surface area contributed by atoms with Gasteiger partial charge in [0.15, 0.2) is 5.96 Å². The molecule has 5 heteroatoms. The van der Waals surface area contributed by atoms with Crippen LogP contribution < -0.4 is 10.6 Å². The number of aliphatic imine (C=N–C) groups is 1. The van der Waals surface area contributed by atoms with Gasteiger partial charge in [0, 0.05) is 25.3 Å². The number of nitrogens with zero attached hydrogens (tertiary/aromatic N) is 1. The van der Waals surface area contributed by atoms with Crippen LogP contribution in [0.1, 0.15) is 16.9 Å². The van der Waals surface area contributed by atoms with Crippen molar-refractivity contribution in [1.29, 1.82) is 0 Å². The summed E-state index contributed by atoms with van der Waals surface area (Å²) in [4.78, 5) is 4.68. The van der Waals surface area contributed by atoms with Crippen LogP contribution in [0.15, 0.2) is 52.1 Å². The standard InChI is InChI=1S/C18H25N3OS/c1-15-5-3-6-16(13-15)14-21-18(20-10-12-23-2)19-9-8-17-7-4-11-22-17/h3-7,11,13H,8-10,12,14H2,1-2H3,(H2,19,20,21). The van der Waals surface area contributed by atoms with E-state index in [4.69, 9.17) is 4.42 Å². The van der Waals surface area contributed by atoms with Crippen LogP contribution in [0.3, 0.4) is 0 Å². The Morgan fingerprint density at radius 3 is 2.78 bits per heavy atom. The van der Waals surface area contributed by atoms with Gasteiger partial charge < -0.3 is 15.1 Å². The summed E-state index contributed by atoms with van der Waals surface area (Å²) < 4.78 is 5.35. The number of benzene rings is 1. The van der Waals surface area contributed by atoms with E-state index in [2.05, 4.69) is 53.1 Å². The molecule has 1 aromatic carbocycles. The van der Waals surface area contributed by atoms with Crippen molar-refractivity contribution < 1.29 is 4.42 Å². The maximum atomic E-state index is 5.35. The van der Waals surface area contributed by atoms with Gasteiger partial charge in [-0.15, -0.1) is 0 Å². The Hall–Kier alpha value is -1.88. The van der Waals surface area contributed by atoms with Gasteiger partial charge in [0.05, 0.1) is 12.8 Å². The summed E-state index contributed by atoms with van der Waals surface area (Å²) in [5, 5.41) is 6.74. The highest BCUT2D eigenvalue weighted by atomic mass is 32.2. The van der Waals surface area contributed by atoms with Crippen molar-refractivity contribution in [1.82, 2.24) is 10.6 Å². The van der Waals surface area contributed by atoms with Crippen molar-refractivity contribution in [3.63, 3.8) is 0 Å². The zero-order valence-corrected chi connectivity index (χ0v) is 14.7. The van der Waals surface area contributed by atoms with Crippen LogP contribution in [0.5, 0.6) is 0 Å². The van der Waals surface area contributed by atoms with Gasteiger partial charge in [0.25, 0.3) is 0 Å².